The van der Waals surface area contributed by atoms with Crippen LogP contribution in [0.4, 0.5) is 0 Å². The maximum atomic E-state index is 11.1. The molecule has 2 unspecified atom stereocenters. The van der Waals surface area contributed by atoms with Gasteiger partial charge in [-0.2, -0.15) is 0 Å². The van der Waals surface area contributed by atoms with Crippen molar-refractivity contribution < 1.29 is 28.8 Å². The Bertz CT molecular complexity index is 227. The minimum Gasteiger partial charge on any atom is -0.477 e. The lowest BCUT2D eigenvalue weighted by Crippen LogP contribution is -2.40. The Morgan fingerprint density at radius 3 is 1.88 bits per heavy atom. The highest BCUT2D eigenvalue weighted by Gasteiger charge is 2.53. The van der Waals surface area contributed by atoms with E-state index in [2.05, 4.69) is 0 Å². The number of aliphatic carboxylic acids is 1. The molecule has 1 aliphatic rings. The molecule has 0 spiro atoms. The van der Waals surface area contributed by atoms with Crippen LogP contribution in [0.25, 0.3) is 0 Å². The summed E-state index contributed by atoms with van der Waals surface area (Å²) < 4.78 is 21.1. The van der Waals surface area contributed by atoms with Crippen LogP contribution >= 0.6 is 0 Å². The summed E-state index contributed by atoms with van der Waals surface area (Å²) in [4.78, 5) is 11.1. The lowest BCUT2D eigenvalue weighted by molar-refractivity contribution is -0.229. The molecule has 0 bridgehead atoms. The lowest BCUT2D eigenvalue weighted by Gasteiger charge is -2.20. The lowest BCUT2D eigenvalue weighted by atomic mass is 10.2. The van der Waals surface area contributed by atoms with Crippen LogP contribution < -0.4 is 0 Å². The van der Waals surface area contributed by atoms with Crippen LogP contribution in [0.15, 0.2) is 0 Å². The molecule has 0 amide bonds. The number of rotatable bonds is 6. The average Bonchev–Trinajstić information content (AvgIpc) is 2.60. The van der Waals surface area contributed by atoms with Crippen LogP contribution in [0.3, 0.4) is 0 Å². The van der Waals surface area contributed by atoms with Gasteiger partial charge >= 0.3 is 5.97 Å². The quantitative estimate of drug-likeness (QED) is 0.737. The Hall–Kier alpha value is -0.690. The van der Waals surface area contributed by atoms with Gasteiger partial charge in [0.1, 0.15) is 0 Å². The van der Waals surface area contributed by atoms with Crippen molar-refractivity contribution in [3.05, 3.63) is 0 Å². The molecule has 16 heavy (non-hydrogen) atoms. The van der Waals surface area contributed by atoms with Crippen molar-refractivity contribution in [1.82, 2.24) is 0 Å². The second-order valence-corrected chi connectivity index (χ2v) is 3.29. The number of carboxylic acids is 1. The Morgan fingerprint density at radius 2 is 1.62 bits per heavy atom. The highest BCUT2D eigenvalue weighted by molar-refractivity contribution is 5.75. The summed E-state index contributed by atoms with van der Waals surface area (Å²) in [5.74, 6) is -2.82. The van der Waals surface area contributed by atoms with Crippen LogP contribution in [-0.2, 0) is 23.7 Å². The van der Waals surface area contributed by atoms with E-state index < -0.39 is 24.3 Å². The standard InChI is InChI=1S/C10H18O6/c1-4-10(9(11)12)15-7(13-5-2)8(16-10)14-6-3/h7-8H,4-6H2,1-3H3,(H,11,12). The van der Waals surface area contributed by atoms with E-state index >= 15 is 0 Å². The molecular weight excluding hydrogens is 216 g/mol. The van der Waals surface area contributed by atoms with E-state index in [9.17, 15) is 4.79 Å². The summed E-state index contributed by atoms with van der Waals surface area (Å²) >= 11 is 0. The van der Waals surface area contributed by atoms with Gasteiger partial charge in [0.15, 0.2) is 0 Å². The topological polar surface area (TPSA) is 74.2 Å². The van der Waals surface area contributed by atoms with Gasteiger partial charge in [0.05, 0.1) is 0 Å². The minimum absolute atomic E-state index is 0.190. The molecule has 1 rings (SSSR count). The van der Waals surface area contributed by atoms with Crippen LogP contribution in [0.5, 0.6) is 0 Å². The SMILES string of the molecule is CCOC1OC(CC)(C(=O)O)OC1OCC. The Labute approximate surface area is 94.4 Å². The van der Waals surface area contributed by atoms with Crippen molar-refractivity contribution in [2.24, 2.45) is 0 Å². The van der Waals surface area contributed by atoms with Crippen LogP contribution in [0, 0.1) is 0 Å². The molecule has 1 N–H and O–H groups in total. The molecular formula is C10H18O6. The second kappa shape index (κ2) is 5.58. The molecule has 0 aromatic heterocycles. The van der Waals surface area contributed by atoms with Gasteiger partial charge in [-0.1, -0.05) is 6.92 Å². The third kappa shape index (κ3) is 2.52. The monoisotopic (exact) mass is 234 g/mol. The molecule has 2 atom stereocenters. The first kappa shape index (κ1) is 13.4. The van der Waals surface area contributed by atoms with Crippen LogP contribution in [0.2, 0.25) is 0 Å². The van der Waals surface area contributed by atoms with Crippen molar-refractivity contribution in [3.8, 4) is 0 Å². The minimum atomic E-state index is -1.65. The Morgan fingerprint density at radius 1 is 1.19 bits per heavy atom. The fourth-order valence-electron chi connectivity index (χ4n) is 1.49. The Balaban J connectivity index is 2.76. The fraction of sp³-hybridized carbons (Fsp3) is 0.900. The molecule has 0 aromatic carbocycles. The molecule has 0 saturated carbocycles. The number of hydrogen-bond acceptors (Lipinski definition) is 5. The zero-order chi connectivity index (χ0) is 12.2. The average molecular weight is 234 g/mol. The first-order valence-electron chi connectivity index (χ1n) is 5.41. The van der Waals surface area contributed by atoms with E-state index in [1.54, 1.807) is 20.8 Å². The van der Waals surface area contributed by atoms with Gasteiger partial charge < -0.3 is 24.1 Å². The van der Waals surface area contributed by atoms with Crippen molar-refractivity contribution in [2.45, 2.75) is 45.6 Å². The van der Waals surface area contributed by atoms with Crippen molar-refractivity contribution >= 4 is 5.97 Å². The summed E-state index contributed by atoms with van der Waals surface area (Å²) in [5, 5.41) is 9.07. The molecule has 1 aliphatic heterocycles. The van der Waals surface area contributed by atoms with Gasteiger partial charge in [-0.25, -0.2) is 4.79 Å². The largest absolute Gasteiger partial charge is 0.477 e. The maximum absolute atomic E-state index is 11.1. The smallest absolute Gasteiger partial charge is 0.364 e. The zero-order valence-electron chi connectivity index (χ0n) is 9.76. The summed E-state index contributed by atoms with van der Waals surface area (Å²) in [7, 11) is 0. The first-order chi connectivity index (χ1) is 7.59. The number of hydrogen-bond donors (Lipinski definition) is 1. The molecule has 0 radical (unpaired) electrons. The molecule has 1 saturated heterocycles. The third-order valence-corrected chi connectivity index (χ3v) is 2.29. The van der Waals surface area contributed by atoms with Crippen molar-refractivity contribution in [3.63, 3.8) is 0 Å². The normalized spacial score (nSPS) is 34.2. The van der Waals surface area contributed by atoms with Gasteiger partial charge in [-0.15, -0.1) is 0 Å². The fourth-order valence-corrected chi connectivity index (χ4v) is 1.49. The van der Waals surface area contributed by atoms with E-state index in [1.807, 2.05) is 0 Å². The first-order valence-corrected chi connectivity index (χ1v) is 5.41. The molecule has 1 heterocycles. The van der Waals surface area contributed by atoms with E-state index in [4.69, 9.17) is 24.1 Å². The summed E-state index contributed by atoms with van der Waals surface area (Å²) in [6.45, 7) is 6.05. The molecule has 6 nitrogen and oxygen atoms in total. The van der Waals surface area contributed by atoms with E-state index in [0.717, 1.165) is 0 Å². The summed E-state index contributed by atoms with van der Waals surface area (Å²) in [5.41, 5.74) is 0. The van der Waals surface area contributed by atoms with Gasteiger partial charge in [-0.05, 0) is 13.8 Å². The van der Waals surface area contributed by atoms with Crippen LogP contribution in [0.1, 0.15) is 27.2 Å². The molecule has 1 fully saturated rings. The van der Waals surface area contributed by atoms with E-state index in [-0.39, 0.29) is 6.42 Å². The van der Waals surface area contributed by atoms with Gasteiger partial charge in [0, 0.05) is 19.6 Å². The van der Waals surface area contributed by atoms with Crippen molar-refractivity contribution in [1.29, 1.82) is 0 Å². The number of ether oxygens (including phenoxy) is 4. The van der Waals surface area contributed by atoms with Gasteiger partial charge in [0.2, 0.25) is 12.6 Å². The summed E-state index contributed by atoms with van der Waals surface area (Å²) in [6, 6.07) is 0. The molecule has 6 heteroatoms. The highest BCUT2D eigenvalue weighted by atomic mass is 16.9. The molecule has 94 valence electrons. The molecule has 0 aromatic rings. The van der Waals surface area contributed by atoms with E-state index in [1.165, 1.54) is 0 Å². The van der Waals surface area contributed by atoms with Gasteiger partial charge in [0.25, 0.3) is 5.79 Å². The number of carbonyl (C=O) groups is 1. The number of carboxylic acid groups (broad SMARTS) is 1. The predicted molar refractivity (Wildman–Crippen MR) is 53.7 cm³/mol. The van der Waals surface area contributed by atoms with Gasteiger partial charge in [-0.3, -0.25) is 0 Å². The second-order valence-electron chi connectivity index (χ2n) is 3.29. The van der Waals surface area contributed by atoms with E-state index in [0.29, 0.717) is 13.2 Å². The van der Waals surface area contributed by atoms with Crippen molar-refractivity contribution in [2.75, 3.05) is 13.2 Å². The zero-order valence-corrected chi connectivity index (χ0v) is 9.76. The summed E-state index contributed by atoms with van der Waals surface area (Å²) in [6.07, 6.45) is -1.39. The highest BCUT2D eigenvalue weighted by Crippen LogP contribution is 2.33. The Kier molecular flexibility index (Phi) is 4.67. The maximum Gasteiger partial charge on any atom is 0.364 e. The predicted octanol–water partition coefficient (Wildman–Crippen LogP) is 0.949. The molecule has 0 aliphatic carbocycles. The van der Waals surface area contributed by atoms with Crippen LogP contribution in [-0.4, -0.2) is 42.7 Å². The third-order valence-electron chi connectivity index (χ3n) is 2.29.